The maximum atomic E-state index is 12.6. The molecule has 1 aliphatic rings. The van der Waals surface area contributed by atoms with Crippen LogP contribution in [0.5, 0.6) is 0 Å². The molecule has 2 atom stereocenters. The van der Waals surface area contributed by atoms with Crippen LogP contribution in [0.2, 0.25) is 0 Å². The van der Waals surface area contributed by atoms with Crippen molar-refractivity contribution in [1.82, 2.24) is 24.8 Å². The summed E-state index contributed by atoms with van der Waals surface area (Å²) in [4.78, 5) is 31.6. The number of fused-ring (bicyclic) bond motifs is 1. The molecular weight excluding hydrogens is 390 g/mol. The van der Waals surface area contributed by atoms with Crippen molar-refractivity contribution in [3.63, 3.8) is 0 Å². The summed E-state index contributed by atoms with van der Waals surface area (Å²) in [5, 5.41) is 7.88. The topological polar surface area (TPSA) is 79.6 Å². The van der Waals surface area contributed by atoms with Crippen molar-refractivity contribution >= 4 is 17.5 Å². The van der Waals surface area contributed by atoms with Crippen molar-refractivity contribution in [3.8, 4) is 0 Å². The number of aromatic nitrogens is 3. The zero-order chi connectivity index (χ0) is 22.9. The average molecular weight is 428 g/mol. The summed E-state index contributed by atoms with van der Waals surface area (Å²) >= 11 is 0. The summed E-state index contributed by atoms with van der Waals surface area (Å²) < 4.78 is 1.90. The van der Waals surface area contributed by atoms with Gasteiger partial charge in [0.15, 0.2) is 5.65 Å². The Kier molecular flexibility index (Phi) is 6.72. The zero-order valence-corrected chi connectivity index (χ0v) is 20.1. The molecule has 3 heterocycles. The van der Waals surface area contributed by atoms with Crippen LogP contribution in [0.4, 0.5) is 0 Å². The van der Waals surface area contributed by atoms with E-state index in [1.807, 2.05) is 51.0 Å². The third-order valence-corrected chi connectivity index (χ3v) is 6.34. The van der Waals surface area contributed by atoms with Crippen LogP contribution in [-0.2, 0) is 16.0 Å². The van der Waals surface area contributed by atoms with Gasteiger partial charge in [0.1, 0.15) is 0 Å². The first-order chi connectivity index (χ1) is 14.5. The second-order valence-electron chi connectivity index (χ2n) is 9.96. The number of nitrogens with one attached hydrogen (secondary N) is 1. The van der Waals surface area contributed by atoms with Gasteiger partial charge in [0, 0.05) is 54.3 Å². The largest absolute Gasteiger partial charge is 0.354 e. The molecule has 0 radical (unpaired) electrons. The van der Waals surface area contributed by atoms with Crippen LogP contribution in [0.25, 0.3) is 5.65 Å². The lowest BCUT2D eigenvalue weighted by molar-refractivity contribution is -0.138. The van der Waals surface area contributed by atoms with E-state index in [0.29, 0.717) is 19.4 Å². The minimum Gasteiger partial charge on any atom is -0.354 e. The van der Waals surface area contributed by atoms with Gasteiger partial charge in [-0.3, -0.25) is 9.59 Å². The van der Waals surface area contributed by atoms with Crippen molar-refractivity contribution in [2.45, 2.75) is 86.1 Å². The first-order valence-corrected chi connectivity index (χ1v) is 11.5. The van der Waals surface area contributed by atoms with Gasteiger partial charge in [-0.2, -0.15) is 5.10 Å². The van der Waals surface area contributed by atoms with Crippen molar-refractivity contribution < 1.29 is 9.59 Å². The number of likely N-dealkylation sites (tertiary alicyclic amines) is 1. The van der Waals surface area contributed by atoms with E-state index in [9.17, 15) is 9.59 Å². The number of hydrogen-bond donors (Lipinski definition) is 1. The van der Waals surface area contributed by atoms with Crippen LogP contribution in [0.15, 0.2) is 6.07 Å². The van der Waals surface area contributed by atoms with Crippen molar-refractivity contribution in [3.05, 3.63) is 28.7 Å². The Labute approximate surface area is 185 Å². The lowest BCUT2D eigenvalue weighted by atomic mass is 9.95. The molecule has 31 heavy (non-hydrogen) atoms. The Balaban J connectivity index is 1.77. The molecule has 0 spiro atoms. The highest BCUT2D eigenvalue weighted by Crippen LogP contribution is 2.30. The fourth-order valence-corrected chi connectivity index (χ4v) is 4.25. The normalized spacial score (nSPS) is 17.9. The Morgan fingerprint density at radius 3 is 2.65 bits per heavy atom. The number of nitrogens with zero attached hydrogens (tertiary/aromatic N) is 4. The van der Waals surface area contributed by atoms with Crippen LogP contribution in [0.1, 0.15) is 82.4 Å². The van der Waals surface area contributed by atoms with Gasteiger partial charge in [0.25, 0.3) is 0 Å². The van der Waals surface area contributed by atoms with Gasteiger partial charge in [-0.25, -0.2) is 9.50 Å². The zero-order valence-electron chi connectivity index (χ0n) is 20.1. The van der Waals surface area contributed by atoms with E-state index in [1.54, 1.807) is 0 Å². The number of aryl methyl sites for hydroxylation is 2. The summed E-state index contributed by atoms with van der Waals surface area (Å²) in [6.07, 6.45) is 2.94. The Morgan fingerprint density at radius 1 is 1.29 bits per heavy atom. The van der Waals surface area contributed by atoms with Crippen LogP contribution < -0.4 is 5.32 Å². The highest BCUT2D eigenvalue weighted by molar-refractivity contribution is 5.81. The lowest BCUT2D eigenvalue weighted by Gasteiger charge is -2.25. The second-order valence-corrected chi connectivity index (χ2v) is 9.96. The molecule has 1 saturated heterocycles. The molecule has 1 aliphatic heterocycles. The standard InChI is InChI=1S/C24H37N5O2/c1-8-15(2)25-22(30)10-9-19-16(3)26-21-13-20(27-29(21)17(19)4)18-11-12-28(14-18)23(31)24(5,6)7/h13,15,18H,8-12,14H2,1-7H3,(H,25,30)/t15-,18-/m0/s1. The molecule has 1 N–H and O–H groups in total. The van der Waals surface area contributed by atoms with Gasteiger partial charge >= 0.3 is 0 Å². The smallest absolute Gasteiger partial charge is 0.227 e. The molecule has 2 aromatic rings. The molecule has 2 amide bonds. The van der Waals surface area contributed by atoms with E-state index < -0.39 is 0 Å². The molecule has 1 fully saturated rings. The summed E-state index contributed by atoms with van der Waals surface area (Å²) in [5.74, 6) is 0.503. The molecular formula is C24H37N5O2. The van der Waals surface area contributed by atoms with Gasteiger partial charge in [0.2, 0.25) is 11.8 Å². The van der Waals surface area contributed by atoms with E-state index in [0.717, 1.165) is 47.7 Å². The fraction of sp³-hybridized carbons (Fsp3) is 0.667. The maximum Gasteiger partial charge on any atom is 0.227 e. The van der Waals surface area contributed by atoms with E-state index in [2.05, 4.69) is 18.3 Å². The summed E-state index contributed by atoms with van der Waals surface area (Å²) in [6.45, 7) is 15.5. The molecule has 2 aromatic heterocycles. The van der Waals surface area contributed by atoms with Gasteiger partial charge in [-0.1, -0.05) is 27.7 Å². The van der Waals surface area contributed by atoms with Crippen LogP contribution in [0.3, 0.4) is 0 Å². The van der Waals surface area contributed by atoms with Gasteiger partial charge in [-0.15, -0.1) is 0 Å². The number of amides is 2. The Hall–Kier alpha value is -2.44. The molecule has 7 heteroatoms. The predicted molar refractivity (Wildman–Crippen MR) is 122 cm³/mol. The van der Waals surface area contributed by atoms with Crippen LogP contribution in [-0.4, -0.2) is 50.4 Å². The second kappa shape index (κ2) is 8.97. The van der Waals surface area contributed by atoms with Crippen LogP contribution in [0, 0.1) is 19.3 Å². The summed E-state index contributed by atoms with van der Waals surface area (Å²) in [6, 6.07) is 2.25. The highest BCUT2D eigenvalue weighted by Gasteiger charge is 2.34. The molecule has 7 nitrogen and oxygen atoms in total. The third-order valence-electron chi connectivity index (χ3n) is 6.34. The molecule has 0 unspecified atom stereocenters. The average Bonchev–Trinajstić information content (AvgIpc) is 3.33. The van der Waals surface area contributed by atoms with Crippen molar-refractivity contribution in [1.29, 1.82) is 0 Å². The lowest BCUT2D eigenvalue weighted by Crippen LogP contribution is -2.37. The number of carbonyl (C=O) groups excluding carboxylic acids is 2. The van der Waals surface area contributed by atoms with E-state index in [4.69, 9.17) is 10.1 Å². The predicted octanol–water partition coefficient (Wildman–Crippen LogP) is 3.56. The SMILES string of the molecule is CC[C@H](C)NC(=O)CCc1c(C)nc2cc([C@H]3CCN(C(=O)C(C)(C)C)C3)nn2c1C. The Morgan fingerprint density at radius 2 is 2.00 bits per heavy atom. The maximum absolute atomic E-state index is 12.6. The van der Waals surface area contributed by atoms with E-state index in [-0.39, 0.29) is 29.2 Å². The number of rotatable bonds is 6. The fourth-order valence-electron chi connectivity index (χ4n) is 4.25. The summed E-state index contributed by atoms with van der Waals surface area (Å²) in [7, 11) is 0. The number of hydrogen-bond acceptors (Lipinski definition) is 4. The minimum atomic E-state index is -0.362. The minimum absolute atomic E-state index is 0.0731. The monoisotopic (exact) mass is 427 g/mol. The highest BCUT2D eigenvalue weighted by atomic mass is 16.2. The molecule has 0 aromatic carbocycles. The van der Waals surface area contributed by atoms with Gasteiger partial charge in [0.05, 0.1) is 5.69 Å². The molecule has 0 bridgehead atoms. The van der Waals surface area contributed by atoms with Crippen molar-refractivity contribution in [2.75, 3.05) is 13.1 Å². The summed E-state index contributed by atoms with van der Waals surface area (Å²) in [5.41, 5.74) is 4.52. The molecule has 3 rings (SSSR count). The molecule has 0 aliphatic carbocycles. The number of carbonyl (C=O) groups is 2. The van der Waals surface area contributed by atoms with E-state index >= 15 is 0 Å². The molecule has 170 valence electrons. The van der Waals surface area contributed by atoms with Gasteiger partial charge in [-0.05, 0) is 45.6 Å². The van der Waals surface area contributed by atoms with E-state index in [1.165, 1.54) is 0 Å². The van der Waals surface area contributed by atoms with Gasteiger partial charge < -0.3 is 10.2 Å². The third kappa shape index (κ3) is 5.08. The van der Waals surface area contributed by atoms with Crippen molar-refractivity contribution in [2.24, 2.45) is 5.41 Å². The first-order valence-electron chi connectivity index (χ1n) is 11.5. The van der Waals surface area contributed by atoms with Crippen LogP contribution >= 0.6 is 0 Å². The Bertz CT molecular complexity index is 972. The molecule has 0 saturated carbocycles. The first kappa shape index (κ1) is 23.2. The quantitative estimate of drug-likeness (QED) is 0.764.